The summed E-state index contributed by atoms with van der Waals surface area (Å²) in [6.45, 7) is 0. The average molecular weight is 232 g/mol. The molecule has 2 N–H and O–H groups in total. The van der Waals surface area contributed by atoms with Crippen LogP contribution >= 0.6 is 0 Å². The highest BCUT2D eigenvalue weighted by atomic mass is 19.1. The molecule has 0 aliphatic heterocycles. The minimum absolute atomic E-state index is 0.328. The van der Waals surface area contributed by atoms with Gasteiger partial charge in [-0.3, -0.25) is 0 Å². The first-order chi connectivity index (χ1) is 8.24. The van der Waals surface area contributed by atoms with Gasteiger partial charge in [0.05, 0.1) is 13.2 Å². The highest BCUT2D eigenvalue weighted by Gasteiger charge is 2.17. The number of halogens is 1. The fourth-order valence-electron chi connectivity index (χ4n) is 1.71. The molecular weight excluding hydrogens is 219 g/mol. The van der Waals surface area contributed by atoms with Gasteiger partial charge in [0, 0.05) is 17.3 Å². The Kier molecular flexibility index (Phi) is 3.35. The Hall–Kier alpha value is -1.94. The Labute approximate surface area is 99.1 Å². The maximum atomic E-state index is 13.6. The van der Waals surface area contributed by atoms with Crippen molar-refractivity contribution in [3.8, 4) is 5.88 Å². The quantitative estimate of drug-likeness (QED) is 0.883. The highest BCUT2D eigenvalue weighted by Crippen LogP contribution is 2.27. The van der Waals surface area contributed by atoms with Crippen molar-refractivity contribution in [3.05, 3.63) is 59.5 Å². The van der Waals surface area contributed by atoms with Crippen LogP contribution in [0.1, 0.15) is 17.2 Å². The van der Waals surface area contributed by atoms with Crippen molar-refractivity contribution in [2.24, 2.45) is 5.73 Å². The Morgan fingerprint density at radius 3 is 2.59 bits per heavy atom. The van der Waals surface area contributed by atoms with Gasteiger partial charge in [-0.05, 0) is 12.1 Å². The van der Waals surface area contributed by atoms with Crippen LogP contribution < -0.4 is 10.5 Å². The fourth-order valence-corrected chi connectivity index (χ4v) is 1.71. The number of hydrogen-bond donors (Lipinski definition) is 1. The van der Waals surface area contributed by atoms with E-state index in [1.54, 1.807) is 36.5 Å². The summed E-state index contributed by atoms with van der Waals surface area (Å²) in [5, 5.41) is 0. The number of pyridine rings is 1. The monoisotopic (exact) mass is 232 g/mol. The molecule has 0 bridgehead atoms. The van der Waals surface area contributed by atoms with Crippen molar-refractivity contribution in [2.75, 3.05) is 7.11 Å². The van der Waals surface area contributed by atoms with Crippen LogP contribution in [0.15, 0.2) is 42.6 Å². The second-order valence-electron chi connectivity index (χ2n) is 3.60. The van der Waals surface area contributed by atoms with Crippen molar-refractivity contribution in [3.63, 3.8) is 0 Å². The molecule has 2 aromatic rings. The first kappa shape index (κ1) is 11.5. The van der Waals surface area contributed by atoms with Crippen LogP contribution in [0.25, 0.3) is 0 Å². The number of rotatable bonds is 3. The number of aromatic nitrogens is 1. The molecule has 4 heteroatoms. The molecule has 1 aromatic heterocycles. The summed E-state index contributed by atoms with van der Waals surface area (Å²) in [6, 6.07) is 9.37. The van der Waals surface area contributed by atoms with Crippen LogP contribution in [-0.2, 0) is 0 Å². The molecule has 0 amide bonds. The number of nitrogens with two attached hydrogens (primary N) is 1. The number of ether oxygens (including phenoxy) is 1. The third-order valence-electron chi connectivity index (χ3n) is 2.57. The van der Waals surface area contributed by atoms with Gasteiger partial charge in [0.25, 0.3) is 0 Å². The lowest BCUT2D eigenvalue weighted by Gasteiger charge is -2.15. The van der Waals surface area contributed by atoms with Crippen LogP contribution in [0, 0.1) is 5.82 Å². The molecule has 1 aromatic carbocycles. The van der Waals surface area contributed by atoms with Crippen LogP contribution in [0.5, 0.6) is 5.88 Å². The van der Waals surface area contributed by atoms with Gasteiger partial charge < -0.3 is 10.5 Å². The Balaban J connectivity index is 2.44. The van der Waals surface area contributed by atoms with Gasteiger partial charge in [0.2, 0.25) is 5.88 Å². The third kappa shape index (κ3) is 2.26. The molecule has 2 rings (SSSR count). The first-order valence-electron chi connectivity index (χ1n) is 5.23. The minimum Gasteiger partial charge on any atom is -0.481 e. The Bertz CT molecular complexity index is 516. The lowest BCUT2D eigenvalue weighted by molar-refractivity contribution is 0.390. The van der Waals surface area contributed by atoms with E-state index in [2.05, 4.69) is 4.98 Å². The summed E-state index contributed by atoms with van der Waals surface area (Å²) in [5.74, 6) is 0.0918. The first-order valence-corrected chi connectivity index (χ1v) is 5.23. The van der Waals surface area contributed by atoms with Gasteiger partial charge >= 0.3 is 0 Å². The number of methoxy groups -OCH3 is 1. The van der Waals surface area contributed by atoms with E-state index >= 15 is 0 Å². The summed E-state index contributed by atoms with van der Waals surface area (Å²) < 4.78 is 18.7. The Morgan fingerprint density at radius 2 is 1.88 bits per heavy atom. The molecule has 0 spiro atoms. The van der Waals surface area contributed by atoms with Gasteiger partial charge in [-0.1, -0.05) is 24.3 Å². The van der Waals surface area contributed by atoms with Gasteiger partial charge in [0.1, 0.15) is 5.82 Å². The van der Waals surface area contributed by atoms with E-state index in [1.165, 1.54) is 13.2 Å². The summed E-state index contributed by atoms with van der Waals surface area (Å²) in [7, 11) is 1.51. The largest absolute Gasteiger partial charge is 0.481 e. The van der Waals surface area contributed by atoms with Gasteiger partial charge in [-0.25, -0.2) is 9.37 Å². The predicted octanol–water partition coefficient (Wildman–Crippen LogP) is 2.28. The summed E-state index contributed by atoms with van der Waals surface area (Å²) in [4.78, 5) is 4.05. The molecule has 1 atom stereocenters. The number of hydrogen-bond acceptors (Lipinski definition) is 3. The number of nitrogens with zero attached hydrogens (tertiary/aromatic N) is 1. The molecule has 88 valence electrons. The average Bonchev–Trinajstić information content (AvgIpc) is 2.38. The molecule has 1 unspecified atom stereocenters. The van der Waals surface area contributed by atoms with Crippen LogP contribution in [0.2, 0.25) is 0 Å². The molecule has 0 aliphatic carbocycles. The second-order valence-corrected chi connectivity index (χ2v) is 3.60. The van der Waals surface area contributed by atoms with Crippen molar-refractivity contribution >= 4 is 0 Å². The summed E-state index contributed by atoms with van der Waals surface area (Å²) >= 11 is 0. The molecule has 0 saturated carbocycles. The maximum Gasteiger partial charge on any atom is 0.218 e. The molecular formula is C13H13FN2O. The summed E-state index contributed by atoms with van der Waals surface area (Å²) in [5.41, 5.74) is 7.13. The van der Waals surface area contributed by atoms with E-state index < -0.39 is 6.04 Å². The van der Waals surface area contributed by atoms with Gasteiger partial charge in [-0.15, -0.1) is 0 Å². The zero-order chi connectivity index (χ0) is 12.3. The van der Waals surface area contributed by atoms with E-state index in [0.29, 0.717) is 17.0 Å². The predicted molar refractivity (Wildman–Crippen MR) is 63.2 cm³/mol. The molecule has 1 heterocycles. The normalized spacial score (nSPS) is 12.2. The van der Waals surface area contributed by atoms with E-state index in [4.69, 9.17) is 10.5 Å². The van der Waals surface area contributed by atoms with Crippen molar-refractivity contribution in [2.45, 2.75) is 6.04 Å². The zero-order valence-corrected chi connectivity index (χ0v) is 9.43. The molecule has 17 heavy (non-hydrogen) atoms. The molecule has 0 saturated heterocycles. The van der Waals surface area contributed by atoms with Crippen molar-refractivity contribution in [1.82, 2.24) is 4.98 Å². The minimum atomic E-state index is -0.583. The van der Waals surface area contributed by atoms with E-state index in [-0.39, 0.29) is 5.82 Å². The molecule has 0 aliphatic rings. The second kappa shape index (κ2) is 4.93. The maximum absolute atomic E-state index is 13.6. The SMILES string of the molecule is COc1ncccc1C(N)c1ccccc1F. The number of benzene rings is 1. The molecule has 0 radical (unpaired) electrons. The lowest BCUT2D eigenvalue weighted by atomic mass is 10.0. The smallest absolute Gasteiger partial charge is 0.218 e. The van der Waals surface area contributed by atoms with Crippen molar-refractivity contribution in [1.29, 1.82) is 0 Å². The third-order valence-corrected chi connectivity index (χ3v) is 2.57. The van der Waals surface area contributed by atoms with Crippen LogP contribution in [0.3, 0.4) is 0 Å². The molecule has 0 fully saturated rings. The molecule has 3 nitrogen and oxygen atoms in total. The lowest BCUT2D eigenvalue weighted by Crippen LogP contribution is -2.15. The summed E-state index contributed by atoms with van der Waals surface area (Å²) in [6.07, 6.45) is 1.61. The van der Waals surface area contributed by atoms with Crippen molar-refractivity contribution < 1.29 is 9.13 Å². The van der Waals surface area contributed by atoms with E-state index in [0.717, 1.165) is 0 Å². The Morgan fingerprint density at radius 1 is 1.18 bits per heavy atom. The highest BCUT2D eigenvalue weighted by molar-refractivity contribution is 5.37. The van der Waals surface area contributed by atoms with E-state index in [1.807, 2.05) is 0 Å². The van der Waals surface area contributed by atoms with Crippen LogP contribution in [-0.4, -0.2) is 12.1 Å². The van der Waals surface area contributed by atoms with Gasteiger partial charge in [0.15, 0.2) is 0 Å². The standard InChI is InChI=1S/C13H13FN2O/c1-17-13-10(6-4-8-16-13)12(15)9-5-2-3-7-11(9)14/h2-8,12H,15H2,1H3. The fraction of sp³-hybridized carbons (Fsp3) is 0.154. The zero-order valence-electron chi connectivity index (χ0n) is 9.43. The van der Waals surface area contributed by atoms with Gasteiger partial charge in [-0.2, -0.15) is 0 Å². The van der Waals surface area contributed by atoms with E-state index in [9.17, 15) is 4.39 Å². The van der Waals surface area contributed by atoms with Crippen LogP contribution in [0.4, 0.5) is 4.39 Å². The topological polar surface area (TPSA) is 48.1 Å².